The Balaban J connectivity index is 2.24. The van der Waals surface area contributed by atoms with Crippen LogP contribution in [0.4, 0.5) is 0 Å². The molecule has 20 heavy (non-hydrogen) atoms. The molecule has 0 aliphatic rings. The quantitative estimate of drug-likeness (QED) is 0.619. The number of nitrogens with zero attached hydrogens (tertiary/aromatic N) is 1. The summed E-state index contributed by atoms with van der Waals surface area (Å²) < 4.78 is 4.94. The van der Waals surface area contributed by atoms with Crippen LogP contribution in [0, 0.1) is 5.92 Å². The SMILES string of the molecule is CCOC(=O)[C@H](Cc1ccc2ccccc2n1)C(C)=O. The average Bonchev–Trinajstić information content (AvgIpc) is 2.44. The van der Waals surface area contributed by atoms with E-state index in [0.29, 0.717) is 0 Å². The number of hydrogen-bond acceptors (Lipinski definition) is 4. The van der Waals surface area contributed by atoms with Gasteiger partial charge in [0.15, 0.2) is 0 Å². The molecule has 4 heteroatoms. The highest BCUT2D eigenvalue weighted by atomic mass is 16.5. The maximum absolute atomic E-state index is 11.8. The van der Waals surface area contributed by atoms with Crippen molar-refractivity contribution >= 4 is 22.7 Å². The predicted octanol–water partition coefficient (Wildman–Crippen LogP) is 2.55. The molecule has 104 valence electrons. The van der Waals surface area contributed by atoms with E-state index >= 15 is 0 Å². The number of ether oxygens (including phenoxy) is 1. The fourth-order valence-electron chi connectivity index (χ4n) is 2.07. The summed E-state index contributed by atoms with van der Waals surface area (Å²) in [6, 6.07) is 11.5. The summed E-state index contributed by atoms with van der Waals surface area (Å²) in [4.78, 5) is 27.9. The van der Waals surface area contributed by atoms with Crippen LogP contribution in [-0.4, -0.2) is 23.3 Å². The normalized spacial score (nSPS) is 12.1. The Labute approximate surface area is 117 Å². The minimum atomic E-state index is -0.774. The first-order valence-electron chi connectivity index (χ1n) is 6.63. The third-order valence-corrected chi connectivity index (χ3v) is 3.13. The van der Waals surface area contributed by atoms with Gasteiger partial charge >= 0.3 is 5.97 Å². The van der Waals surface area contributed by atoms with Crippen LogP contribution in [-0.2, 0) is 20.7 Å². The van der Waals surface area contributed by atoms with Crippen molar-refractivity contribution in [3.05, 3.63) is 42.1 Å². The van der Waals surface area contributed by atoms with Crippen molar-refractivity contribution in [3.8, 4) is 0 Å². The molecule has 0 radical (unpaired) electrons. The lowest BCUT2D eigenvalue weighted by Gasteiger charge is -2.12. The fourth-order valence-corrected chi connectivity index (χ4v) is 2.07. The van der Waals surface area contributed by atoms with E-state index in [0.717, 1.165) is 16.6 Å². The lowest BCUT2D eigenvalue weighted by Crippen LogP contribution is -2.26. The summed E-state index contributed by atoms with van der Waals surface area (Å²) in [5, 5.41) is 1.03. The Bertz CT molecular complexity index is 636. The zero-order valence-electron chi connectivity index (χ0n) is 11.6. The largest absolute Gasteiger partial charge is 0.465 e. The molecular formula is C16H17NO3. The van der Waals surface area contributed by atoms with Gasteiger partial charge in [-0.25, -0.2) is 0 Å². The molecule has 1 aromatic heterocycles. The van der Waals surface area contributed by atoms with Gasteiger partial charge < -0.3 is 4.74 Å². The van der Waals surface area contributed by atoms with E-state index in [2.05, 4.69) is 4.98 Å². The van der Waals surface area contributed by atoms with E-state index in [4.69, 9.17) is 4.74 Å². The summed E-state index contributed by atoms with van der Waals surface area (Å²) in [6.45, 7) is 3.40. The number of aromatic nitrogens is 1. The Morgan fingerprint density at radius 2 is 1.95 bits per heavy atom. The molecule has 4 nitrogen and oxygen atoms in total. The van der Waals surface area contributed by atoms with Gasteiger partial charge in [0.25, 0.3) is 0 Å². The highest BCUT2D eigenvalue weighted by Gasteiger charge is 2.25. The van der Waals surface area contributed by atoms with Gasteiger partial charge in [0.2, 0.25) is 0 Å². The van der Waals surface area contributed by atoms with Gasteiger partial charge in [-0.05, 0) is 26.0 Å². The van der Waals surface area contributed by atoms with Gasteiger partial charge in [0.05, 0.1) is 12.1 Å². The minimum absolute atomic E-state index is 0.196. The van der Waals surface area contributed by atoms with Gasteiger partial charge in [-0.15, -0.1) is 0 Å². The first kappa shape index (κ1) is 14.2. The number of benzene rings is 1. The van der Waals surface area contributed by atoms with E-state index < -0.39 is 11.9 Å². The van der Waals surface area contributed by atoms with Crippen molar-refractivity contribution in [2.24, 2.45) is 5.92 Å². The fraction of sp³-hybridized carbons (Fsp3) is 0.312. The van der Waals surface area contributed by atoms with Gasteiger partial charge in [-0.1, -0.05) is 24.3 Å². The Hall–Kier alpha value is -2.23. The molecule has 0 saturated heterocycles. The zero-order chi connectivity index (χ0) is 14.5. The summed E-state index contributed by atoms with van der Waals surface area (Å²) in [5.41, 5.74) is 1.58. The zero-order valence-corrected chi connectivity index (χ0v) is 11.6. The van der Waals surface area contributed by atoms with Crippen molar-refractivity contribution < 1.29 is 14.3 Å². The van der Waals surface area contributed by atoms with Gasteiger partial charge in [0.1, 0.15) is 11.7 Å². The van der Waals surface area contributed by atoms with E-state index in [9.17, 15) is 9.59 Å². The topological polar surface area (TPSA) is 56.3 Å². The third kappa shape index (κ3) is 3.20. The number of fused-ring (bicyclic) bond motifs is 1. The smallest absolute Gasteiger partial charge is 0.316 e. The lowest BCUT2D eigenvalue weighted by molar-refractivity contribution is -0.151. The van der Waals surface area contributed by atoms with Crippen molar-refractivity contribution in [1.82, 2.24) is 4.98 Å². The predicted molar refractivity (Wildman–Crippen MR) is 76.3 cm³/mol. The molecule has 0 unspecified atom stereocenters. The van der Waals surface area contributed by atoms with Crippen LogP contribution in [0.3, 0.4) is 0 Å². The Morgan fingerprint density at radius 3 is 2.65 bits per heavy atom. The molecule has 0 N–H and O–H groups in total. The lowest BCUT2D eigenvalue weighted by atomic mass is 9.98. The molecule has 2 rings (SSSR count). The molecule has 0 aliphatic carbocycles. The molecule has 2 aromatic rings. The number of carbonyl (C=O) groups excluding carboxylic acids is 2. The highest BCUT2D eigenvalue weighted by Crippen LogP contribution is 2.15. The van der Waals surface area contributed by atoms with Crippen LogP contribution in [0.5, 0.6) is 0 Å². The maximum atomic E-state index is 11.8. The molecule has 0 saturated carbocycles. The molecular weight excluding hydrogens is 254 g/mol. The number of hydrogen-bond donors (Lipinski definition) is 0. The number of carbonyl (C=O) groups is 2. The maximum Gasteiger partial charge on any atom is 0.316 e. The first-order chi connectivity index (χ1) is 9.61. The van der Waals surface area contributed by atoms with Gasteiger partial charge in [-0.2, -0.15) is 0 Å². The Kier molecular flexibility index (Phi) is 4.45. The number of para-hydroxylation sites is 1. The van der Waals surface area contributed by atoms with E-state index in [1.165, 1.54) is 6.92 Å². The molecule has 1 aromatic carbocycles. The van der Waals surface area contributed by atoms with Crippen molar-refractivity contribution in [2.45, 2.75) is 20.3 Å². The second-order valence-electron chi connectivity index (χ2n) is 4.61. The van der Waals surface area contributed by atoms with E-state index in [1.807, 2.05) is 36.4 Å². The molecule has 0 spiro atoms. The standard InChI is InChI=1S/C16H17NO3/c1-3-20-16(19)14(11(2)18)10-13-9-8-12-6-4-5-7-15(12)17-13/h4-9,14H,3,10H2,1-2H3/t14-/m1/s1. The average molecular weight is 271 g/mol. The van der Waals surface area contributed by atoms with Gasteiger partial charge in [0, 0.05) is 17.5 Å². The molecule has 0 fully saturated rings. The molecule has 1 atom stereocenters. The number of Topliss-reactive ketones (excluding diaryl/α,β-unsaturated/α-hetero) is 1. The number of esters is 1. The van der Waals surface area contributed by atoms with Crippen LogP contribution < -0.4 is 0 Å². The van der Waals surface area contributed by atoms with E-state index in [-0.39, 0.29) is 18.8 Å². The number of ketones is 1. The number of pyridine rings is 1. The van der Waals surface area contributed by atoms with Crippen LogP contribution in [0.15, 0.2) is 36.4 Å². The minimum Gasteiger partial charge on any atom is -0.465 e. The second kappa shape index (κ2) is 6.28. The van der Waals surface area contributed by atoms with Gasteiger partial charge in [-0.3, -0.25) is 14.6 Å². The molecule has 0 bridgehead atoms. The highest BCUT2D eigenvalue weighted by molar-refractivity contribution is 5.98. The number of rotatable bonds is 5. The summed E-state index contributed by atoms with van der Waals surface area (Å²) in [6.07, 6.45) is 0.277. The van der Waals surface area contributed by atoms with Crippen molar-refractivity contribution in [2.75, 3.05) is 6.61 Å². The monoisotopic (exact) mass is 271 g/mol. The van der Waals surface area contributed by atoms with Crippen LogP contribution >= 0.6 is 0 Å². The van der Waals surface area contributed by atoms with E-state index in [1.54, 1.807) is 6.92 Å². The van der Waals surface area contributed by atoms with Crippen molar-refractivity contribution in [1.29, 1.82) is 0 Å². The molecule has 0 aliphatic heterocycles. The van der Waals surface area contributed by atoms with Crippen molar-refractivity contribution in [3.63, 3.8) is 0 Å². The van der Waals surface area contributed by atoms with Crippen LogP contribution in [0.25, 0.3) is 10.9 Å². The molecule has 0 amide bonds. The molecule has 1 heterocycles. The summed E-state index contributed by atoms with van der Waals surface area (Å²) in [5.74, 6) is -1.45. The summed E-state index contributed by atoms with van der Waals surface area (Å²) in [7, 11) is 0. The first-order valence-corrected chi connectivity index (χ1v) is 6.63. The second-order valence-corrected chi connectivity index (χ2v) is 4.61. The van der Waals surface area contributed by atoms with Crippen LogP contribution in [0.2, 0.25) is 0 Å². The Morgan fingerprint density at radius 1 is 1.20 bits per heavy atom. The van der Waals surface area contributed by atoms with Crippen LogP contribution in [0.1, 0.15) is 19.5 Å². The third-order valence-electron chi connectivity index (χ3n) is 3.13. The summed E-state index contributed by atoms with van der Waals surface area (Å²) >= 11 is 0.